The molecule has 0 bridgehead atoms. The van der Waals surface area contributed by atoms with E-state index in [0.29, 0.717) is 0 Å². The summed E-state index contributed by atoms with van der Waals surface area (Å²) in [7, 11) is 4.15. The highest BCUT2D eigenvalue weighted by Gasteiger charge is 2.09. The molecule has 4 aromatic carbocycles. The highest BCUT2D eigenvalue weighted by atomic mass is 15.1. The van der Waals surface area contributed by atoms with Gasteiger partial charge in [-0.25, -0.2) is 0 Å². The molecule has 0 aliphatic rings. The molecule has 0 atom stereocenters. The maximum atomic E-state index is 2.38. The second kappa shape index (κ2) is 12.1. The largest absolute Gasteiger partial charge is 0.378 e. The Morgan fingerprint density at radius 2 is 0.861 bits per heavy atom. The van der Waals surface area contributed by atoms with E-state index in [4.69, 9.17) is 0 Å². The van der Waals surface area contributed by atoms with E-state index < -0.39 is 0 Å². The standard InChI is InChI=1S/C34H36N2/c1-5-36(6-2)32-23-19-30(20-24-32)34(29-17-21-31(22-18-29)35(3)4)26-25-33(27-13-9-7-10-14-27)28-15-11-8-12-16-28/h7-26H,5-6H2,1-4H3. The predicted molar refractivity (Wildman–Crippen MR) is 158 cm³/mol. The molecule has 36 heavy (non-hydrogen) atoms. The van der Waals surface area contributed by atoms with E-state index in [9.17, 15) is 0 Å². The Morgan fingerprint density at radius 1 is 0.500 bits per heavy atom. The Labute approximate surface area is 216 Å². The van der Waals surface area contributed by atoms with Gasteiger partial charge < -0.3 is 9.80 Å². The first-order valence-electron chi connectivity index (χ1n) is 12.8. The highest BCUT2D eigenvalue weighted by Crippen LogP contribution is 2.30. The number of hydrogen-bond acceptors (Lipinski definition) is 2. The van der Waals surface area contributed by atoms with Gasteiger partial charge in [0.25, 0.3) is 0 Å². The summed E-state index contributed by atoms with van der Waals surface area (Å²) in [5, 5.41) is 0. The summed E-state index contributed by atoms with van der Waals surface area (Å²) in [5.41, 5.74) is 9.69. The van der Waals surface area contributed by atoms with Crippen LogP contribution in [0, 0.1) is 0 Å². The Morgan fingerprint density at radius 3 is 1.22 bits per heavy atom. The topological polar surface area (TPSA) is 6.48 Å². The van der Waals surface area contributed by atoms with Gasteiger partial charge >= 0.3 is 0 Å². The van der Waals surface area contributed by atoms with E-state index in [2.05, 4.69) is 159 Å². The van der Waals surface area contributed by atoms with Crippen LogP contribution >= 0.6 is 0 Å². The lowest BCUT2D eigenvalue weighted by Gasteiger charge is -2.21. The zero-order valence-electron chi connectivity index (χ0n) is 21.9. The average Bonchev–Trinajstić information content (AvgIpc) is 2.93. The van der Waals surface area contributed by atoms with Crippen molar-refractivity contribution in [2.75, 3.05) is 37.0 Å². The van der Waals surface area contributed by atoms with E-state index in [-0.39, 0.29) is 0 Å². The van der Waals surface area contributed by atoms with Crippen molar-refractivity contribution in [2.24, 2.45) is 0 Å². The molecule has 2 nitrogen and oxygen atoms in total. The number of anilines is 2. The molecule has 182 valence electrons. The predicted octanol–water partition coefficient (Wildman–Crippen LogP) is 8.16. The van der Waals surface area contributed by atoms with Crippen LogP contribution in [0.5, 0.6) is 0 Å². The summed E-state index contributed by atoms with van der Waals surface area (Å²) >= 11 is 0. The SMILES string of the molecule is CCN(CC)c1ccc(C(=CC=C(c2ccccc2)c2ccccc2)c2ccc(N(C)C)cc2)cc1. The molecule has 0 N–H and O–H groups in total. The lowest BCUT2D eigenvalue weighted by atomic mass is 9.93. The summed E-state index contributed by atoms with van der Waals surface area (Å²) in [6.07, 6.45) is 4.53. The van der Waals surface area contributed by atoms with E-state index >= 15 is 0 Å². The van der Waals surface area contributed by atoms with E-state index in [0.717, 1.165) is 13.1 Å². The fraction of sp³-hybridized carbons (Fsp3) is 0.176. The van der Waals surface area contributed by atoms with Crippen molar-refractivity contribution in [3.05, 3.63) is 144 Å². The molecule has 2 heteroatoms. The molecule has 0 saturated heterocycles. The first kappa shape index (κ1) is 25.1. The van der Waals surface area contributed by atoms with Crippen molar-refractivity contribution >= 4 is 22.5 Å². The van der Waals surface area contributed by atoms with Gasteiger partial charge in [-0.1, -0.05) is 97.1 Å². The summed E-state index contributed by atoms with van der Waals surface area (Å²) in [6, 6.07) is 39.0. The second-order valence-corrected chi connectivity index (χ2v) is 9.05. The van der Waals surface area contributed by atoms with Crippen LogP contribution in [0.3, 0.4) is 0 Å². The Kier molecular flexibility index (Phi) is 8.41. The summed E-state index contributed by atoms with van der Waals surface area (Å²) in [4.78, 5) is 4.51. The summed E-state index contributed by atoms with van der Waals surface area (Å²) < 4.78 is 0. The summed E-state index contributed by atoms with van der Waals surface area (Å²) in [6.45, 7) is 6.42. The minimum atomic E-state index is 1.00. The normalized spacial score (nSPS) is 11.2. The molecule has 0 aliphatic carbocycles. The van der Waals surface area contributed by atoms with Crippen molar-refractivity contribution in [3.63, 3.8) is 0 Å². The fourth-order valence-corrected chi connectivity index (χ4v) is 4.50. The van der Waals surface area contributed by atoms with Crippen LogP contribution in [0.4, 0.5) is 11.4 Å². The Bertz CT molecular complexity index is 1240. The van der Waals surface area contributed by atoms with Crippen molar-refractivity contribution in [2.45, 2.75) is 13.8 Å². The maximum Gasteiger partial charge on any atom is 0.0366 e. The molecule has 0 unspecified atom stereocenters. The molecule has 0 saturated carbocycles. The third-order valence-corrected chi connectivity index (χ3v) is 6.59. The number of rotatable bonds is 9. The van der Waals surface area contributed by atoms with E-state index in [1.54, 1.807) is 0 Å². The van der Waals surface area contributed by atoms with Gasteiger partial charge in [-0.3, -0.25) is 0 Å². The van der Waals surface area contributed by atoms with Crippen molar-refractivity contribution in [1.82, 2.24) is 0 Å². The summed E-state index contributed by atoms with van der Waals surface area (Å²) in [5.74, 6) is 0. The van der Waals surface area contributed by atoms with Crippen LogP contribution in [0.2, 0.25) is 0 Å². The third-order valence-electron chi connectivity index (χ3n) is 6.59. The van der Waals surface area contributed by atoms with Crippen LogP contribution in [-0.2, 0) is 0 Å². The Hall–Kier alpha value is -4.04. The van der Waals surface area contributed by atoms with E-state index in [1.165, 1.54) is 44.8 Å². The first-order chi connectivity index (χ1) is 17.6. The zero-order valence-corrected chi connectivity index (χ0v) is 21.9. The number of allylic oxidation sites excluding steroid dienone is 2. The van der Waals surface area contributed by atoms with Gasteiger partial charge in [0, 0.05) is 38.6 Å². The monoisotopic (exact) mass is 472 g/mol. The van der Waals surface area contributed by atoms with Crippen LogP contribution in [0.15, 0.2) is 121 Å². The molecule has 0 aliphatic heterocycles. The lowest BCUT2D eigenvalue weighted by Crippen LogP contribution is -2.21. The van der Waals surface area contributed by atoms with E-state index in [1.807, 2.05) is 0 Å². The third kappa shape index (κ3) is 5.95. The van der Waals surface area contributed by atoms with Gasteiger partial charge in [-0.15, -0.1) is 0 Å². The van der Waals surface area contributed by atoms with Gasteiger partial charge in [0.05, 0.1) is 0 Å². The smallest absolute Gasteiger partial charge is 0.0366 e. The van der Waals surface area contributed by atoms with Crippen molar-refractivity contribution in [3.8, 4) is 0 Å². The second-order valence-electron chi connectivity index (χ2n) is 9.05. The molecule has 0 spiro atoms. The molecule has 4 aromatic rings. The molecule has 0 amide bonds. The zero-order chi connectivity index (χ0) is 25.3. The maximum absolute atomic E-state index is 2.38. The van der Waals surface area contributed by atoms with Crippen LogP contribution < -0.4 is 9.80 Å². The van der Waals surface area contributed by atoms with Crippen LogP contribution in [0.1, 0.15) is 36.1 Å². The van der Waals surface area contributed by atoms with Gasteiger partial charge in [-0.05, 0) is 71.5 Å². The number of nitrogens with zero attached hydrogens (tertiary/aromatic N) is 2. The van der Waals surface area contributed by atoms with Gasteiger partial charge in [0.15, 0.2) is 0 Å². The van der Waals surface area contributed by atoms with Crippen LogP contribution in [-0.4, -0.2) is 27.2 Å². The fourth-order valence-electron chi connectivity index (χ4n) is 4.50. The molecular formula is C34H36N2. The molecule has 0 aromatic heterocycles. The highest BCUT2D eigenvalue weighted by molar-refractivity contribution is 5.86. The van der Waals surface area contributed by atoms with Gasteiger partial charge in [0.2, 0.25) is 0 Å². The first-order valence-corrected chi connectivity index (χ1v) is 12.8. The lowest BCUT2D eigenvalue weighted by molar-refractivity contribution is 0.866. The van der Waals surface area contributed by atoms with Crippen LogP contribution in [0.25, 0.3) is 11.1 Å². The molecule has 4 rings (SSSR count). The number of hydrogen-bond donors (Lipinski definition) is 0. The quantitative estimate of drug-likeness (QED) is 0.227. The van der Waals surface area contributed by atoms with Gasteiger partial charge in [-0.2, -0.15) is 0 Å². The molecule has 0 fully saturated rings. The minimum absolute atomic E-state index is 1.00. The molecular weight excluding hydrogens is 436 g/mol. The molecule has 0 heterocycles. The van der Waals surface area contributed by atoms with Crippen molar-refractivity contribution in [1.29, 1.82) is 0 Å². The Balaban J connectivity index is 1.83. The van der Waals surface area contributed by atoms with Crippen molar-refractivity contribution < 1.29 is 0 Å². The minimum Gasteiger partial charge on any atom is -0.378 e. The average molecular weight is 473 g/mol. The van der Waals surface area contributed by atoms with Gasteiger partial charge in [0.1, 0.15) is 0 Å². The number of benzene rings is 4. The molecule has 0 radical (unpaired) electrons.